The molecule has 0 radical (unpaired) electrons. The molecule has 1 aliphatic carbocycles. The van der Waals surface area contributed by atoms with Crippen LogP contribution < -0.4 is 4.74 Å². The summed E-state index contributed by atoms with van der Waals surface area (Å²) >= 11 is 0. The largest absolute Gasteiger partial charge is 0.477 e. The molecular weight excluding hydrogens is 324 g/mol. The van der Waals surface area contributed by atoms with Crippen LogP contribution in [0.5, 0.6) is 5.88 Å². The third-order valence-electron chi connectivity index (χ3n) is 4.68. The summed E-state index contributed by atoms with van der Waals surface area (Å²) in [5.41, 5.74) is 4.38. The fourth-order valence-corrected chi connectivity index (χ4v) is 4.45. The lowest BCUT2D eigenvalue weighted by atomic mass is 9.92. The van der Waals surface area contributed by atoms with E-state index in [1.54, 1.807) is 0 Å². The van der Waals surface area contributed by atoms with Gasteiger partial charge in [0.2, 0.25) is 5.88 Å². The fraction of sp³-hybridized carbons (Fsp3) is 0.444. The molecule has 24 heavy (non-hydrogen) atoms. The van der Waals surface area contributed by atoms with Crippen LogP contribution in [0.2, 0.25) is 0 Å². The maximum Gasteiger partial charge on any atom is 0.217 e. The zero-order chi connectivity index (χ0) is 16.7. The summed E-state index contributed by atoms with van der Waals surface area (Å²) in [6.45, 7) is 0.676. The topological polar surface area (TPSA) is 69.2 Å². The number of hydrogen-bond donors (Lipinski definition) is 0. The molecule has 126 valence electrons. The molecular formula is C18H20N2O3S. The van der Waals surface area contributed by atoms with Gasteiger partial charge in [-0.25, -0.2) is 18.4 Å². The molecule has 0 atom stereocenters. The summed E-state index contributed by atoms with van der Waals surface area (Å²) < 4.78 is 30.1. The van der Waals surface area contributed by atoms with Gasteiger partial charge in [-0.05, 0) is 61.8 Å². The van der Waals surface area contributed by atoms with Crippen LogP contribution in [0.4, 0.5) is 0 Å². The van der Waals surface area contributed by atoms with Crippen LogP contribution in [0.25, 0.3) is 11.4 Å². The molecule has 6 heteroatoms. The molecule has 1 aliphatic heterocycles. The quantitative estimate of drug-likeness (QED) is 0.838. The maximum absolute atomic E-state index is 12.2. The second kappa shape index (κ2) is 5.84. The average molecular weight is 344 g/mol. The van der Waals surface area contributed by atoms with E-state index in [-0.39, 0.29) is 5.03 Å². The highest BCUT2D eigenvalue weighted by Crippen LogP contribution is 2.32. The third kappa shape index (κ3) is 2.79. The summed E-state index contributed by atoms with van der Waals surface area (Å²) in [7, 11) is -3.36. The number of fused-ring (bicyclic) bond motifs is 2. The van der Waals surface area contributed by atoms with Gasteiger partial charge in [-0.1, -0.05) is 6.07 Å². The first-order valence-electron chi connectivity index (χ1n) is 8.38. The van der Waals surface area contributed by atoms with Crippen LogP contribution in [-0.2, 0) is 29.1 Å². The van der Waals surface area contributed by atoms with Gasteiger partial charge < -0.3 is 4.74 Å². The van der Waals surface area contributed by atoms with Crippen LogP contribution in [0.15, 0.2) is 23.2 Å². The molecule has 4 rings (SSSR count). The van der Waals surface area contributed by atoms with Crippen molar-refractivity contribution in [3.8, 4) is 17.3 Å². The van der Waals surface area contributed by atoms with E-state index < -0.39 is 9.84 Å². The van der Waals surface area contributed by atoms with Crippen molar-refractivity contribution in [1.82, 2.24) is 9.97 Å². The molecule has 0 N–H and O–H groups in total. The van der Waals surface area contributed by atoms with Gasteiger partial charge in [0.25, 0.3) is 0 Å². The minimum atomic E-state index is -3.36. The summed E-state index contributed by atoms with van der Waals surface area (Å²) in [4.78, 5) is 9.05. The summed E-state index contributed by atoms with van der Waals surface area (Å²) in [6.07, 6.45) is 6.98. The van der Waals surface area contributed by atoms with Crippen molar-refractivity contribution in [2.75, 3.05) is 12.9 Å². The maximum atomic E-state index is 12.2. The molecule has 2 aromatic heterocycles. The molecule has 0 spiro atoms. The van der Waals surface area contributed by atoms with Gasteiger partial charge in [0.1, 0.15) is 0 Å². The zero-order valence-electron chi connectivity index (χ0n) is 13.7. The Morgan fingerprint density at radius 3 is 2.58 bits per heavy atom. The van der Waals surface area contributed by atoms with Crippen LogP contribution in [0.3, 0.4) is 0 Å². The Kier molecular flexibility index (Phi) is 3.79. The molecule has 0 saturated carbocycles. The lowest BCUT2D eigenvalue weighted by Gasteiger charge is -2.20. The first kappa shape index (κ1) is 15.6. The van der Waals surface area contributed by atoms with Gasteiger partial charge in [-0.15, -0.1) is 0 Å². The Hall–Kier alpha value is -1.95. The minimum absolute atomic E-state index is 0.218. The summed E-state index contributed by atoms with van der Waals surface area (Å²) in [6, 6.07) is 5.93. The van der Waals surface area contributed by atoms with Crippen molar-refractivity contribution in [3.05, 3.63) is 34.9 Å². The van der Waals surface area contributed by atoms with E-state index in [4.69, 9.17) is 4.74 Å². The second-order valence-corrected chi connectivity index (χ2v) is 8.47. The summed E-state index contributed by atoms with van der Waals surface area (Å²) in [5, 5.41) is 0.218. The first-order chi connectivity index (χ1) is 11.5. The molecule has 3 heterocycles. The van der Waals surface area contributed by atoms with Crippen molar-refractivity contribution in [2.24, 2.45) is 0 Å². The number of nitrogens with zero attached hydrogens (tertiary/aromatic N) is 2. The number of aryl methyl sites for hydroxylation is 2. The molecule has 0 unspecified atom stereocenters. The standard InChI is InChI=1S/C18H20N2O3S/c1-24(21,22)18-14-7-3-2-5-13(14)11-16(20-18)15-9-8-12-6-4-10-23-17(12)19-15/h8-9,11H,2-7,10H2,1H3. The number of ether oxygens (including phenoxy) is 1. The molecule has 0 aromatic carbocycles. The van der Waals surface area contributed by atoms with Crippen LogP contribution in [0.1, 0.15) is 36.0 Å². The van der Waals surface area contributed by atoms with E-state index in [0.29, 0.717) is 23.9 Å². The predicted octanol–water partition coefficient (Wildman–Crippen LogP) is 2.75. The number of rotatable bonds is 2. The first-order valence-corrected chi connectivity index (χ1v) is 10.3. The number of aromatic nitrogens is 2. The molecule has 0 bridgehead atoms. The van der Waals surface area contributed by atoms with Gasteiger partial charge in [-0.2, -0.15) is 0 Å². The van der Waals surface area contributed by atoms with Gasteiger partial charge >= 0.3 is 0 Å². The molecule has 5 nitrogen and oxygen atoms in total. The molecule has 0 amide bonds. The van der Waals surface area contributed by atoms with E-state index in [2.05, 4.69) is 9.97 Å². The van der Waals surface area contributed by atoms with Crippen LogP contribution >= 0.6 is 0 Å². The normalized spacial score (nSPS) is 16.9. The molecule has 0 saturated heterocycles. The van der Waals surface area contributed by atoms with Crippen molar-refractivity contribution >= 4 is 9.84 Å². The monoisotopic (exact) mass is 344 g/mol. The van der Waals surface area contributed by atoms with E-state index in [9.17, 15) is 8.42 Å². The minimum Gasteiger partial charge on any atom is -0.477 e. The molecule has 2 aromatic rings. The van der Waals surface area contributed by atoms with Crippen LogP contribution in [0, 0.1) is 0 Å². The van der Waals surface area contributed by atoms with Crippen molar-refractivity contribution in [1.29, 1.82) is 0 Å². The zero-order valence-corrected chi connectivity index (χ0v) is 14.5. The van der Waals surface area contributed by atoms with Crippen molar-refractivity contribution in [3.63, 3.8) is 0 Å². The van der Waals surface area contributed by atoms with E-state index >= 15 is 0 Å². The Morgan fingerprint density at radius 2 is 1.75 bits per heavy atom. The number of pyridine rings is 2. The number of hydrogen-bond acceptors (Lipinski definition) is 5. The number of sulfone groups is 1. The SMILES string of the molecule is CS(=O)(=O)c1nc(-c2ccc3c(n2)OCCC3)cc2c1CCCC2. The smallest absolute Gasteiger partial charge is 0.217 e. The Labute approximate surface area is 142 Å². The lowest BCUT2D eigenvalue weighted by molar-refractivity contribution is 0.276. The summed E-state index contributed by atoms with van der Waals surface area (Å²) in [5.74, 6) is 0.652. The Morgan fingerprint density at radius 1 is 0.958 bits per heavy atom. The van der Waals surface area contributed by atoms with Crippen molar-refractivity contribution < 1.29 is 13.2 Å². The Bertz CT molecular complexity index is 907. The van der Waals surface area contributed by atoms with Gasteiger partial charge in [0.05, 0.1) is 18.0 Å². The van der Waals surface area contributed by atoms with E-state index in [1.165, 1.54) is 6.26 Å². The molecule has 0 fully saturated rings. The van der Waals surface area contributed by atoms with Gasteiger partial charge in [0.15, 0.2) is 14.9 Å². The highest BCUT2D eigenvalue weighted by atomic mass is 32.2. The van der Waals surface area contributed by atoms with Crippen molar-refractivity contribution in [2.45, 2.75) is 43.6 Å². The van der Waals surface area contributed by atoms with E-state index in [1.807, 2.05) is 18.2 Å². The van der Waals surface area contributed by atoms with Crippen LogP contribution in [-0.4, -0.2) is 31.2 Å². The Balaban J connectivity index is 1.87. The predicted molar refractivity (Wildman–Crippen MR) is 91.0 cm³/mol. The molecule has 2 aliphatic rings. The van der Waals surface area contributed by atoms with E-state index in [0.717, 1.165) is 55.2 Å². The second-order valence-electron chi connectivity index (χ2n) is 6.54. The highest BCUT2D eigenvalue weighted by molar-refractivity contribution is 7.90. The van der Waals surface area contributed by atoms with Gasteiger partial charge in [-0.3, -0.25) is 0 Å². The average Bonchev–Trinajstić information content (AvgIpc) is 2.59. The lowest BCUT2D eigenvalue weighted by Crippen LogP contribution is -2.14. The third-order valence-corrected chi connectivity index (χ3v) is 5.72. The fourth-order valence-electron chi connectivity index (χ4n) is 3.50. The highest BCUT2D eigenvalue weighted by Gasteiger charge is 2.23. The van der Waals surface area contributed by atoms with Gasteiger partial charge in [0, 0.05) is 11.8 Å².